The normalized spacial score (nSPS) is 39.5. The first-order chi connectivity index (χ1) is 23.2. The Morgan fingerprint density at radius 1 is 0.735 bits per heavy atom. The molecule has 0 spiro atoms. The van der Waals surface area contributed by atoms with Crippen molar-refractivity contribution in [2.75, 3.05) is 19.8 Å². The molecule has 21 nitrogen and oxygen atoms in total. The monoisotopic (exact) mass is 707 g/mol. The Bertz CT molecular complexity index is 1270. The lowest BCUT2D eigenvalue weighted by molar-refractivity contribution is -0.384. The fraction of sp³-hybridized carbons (Fsp3) is 0.714. The highest BCUT2D eigenvalue weighted by molar-refractivity contribution is 5.73. The maximum absolute atomic E-state index is 12.3. The average Bonchev–Trinajstić information content (AvgIpc) is 3.06. The van der Waals surface area contributed by atoms with E-state index in [1.807, 2.05) is 0 Å². The minimum Gasteiger partial charge on any atom is -0.463 e. The first-order valence-corrected chi connectivity index (χ1v) is 15.2. The first-order valence-electron chi connectivity index (χ1n) is 15.2. The Morgan fingerprint density at radius 2 is 1.27 bits per heavy atom. The molecule has 1 aromatic carbocycles. The van der Waals surface area contributed by atoms with Gasteiger partial charge in [-0.25, -0.2) is 0 Å². The van der Waals surface area contributed by atoms with Crippen LogP contribution < -0.4 is 15.4 Å². The molecule has 3 aliphatic heterocycles. The Hall–Kier alpha value is -3.16. The number of non-ortho nitro benzene ring substituents is 1. The van der Waals surface area contributed by atoms with Gasteiger partial charge in [-0.05, 0) is 12.1 Å². The molecule has 3 fully saturated rings. The highest BCUT2D eigenvalue weighted by Gasteiger charge is 2.53. The van der Waals surface area contributed by atoms with Crippen LogP contribution in [0.15, 0.2) is 24.3 Å². The van der Waals surface area contributed by atoms with Gasteiger partial charge in [0.25, 0.3) is 5.69 Å². The molecule has 15 unspecified atom stereocenters. The van der Waals surface area contributed by atoms with Crippen LogP contribution in [-0.4, -0.2) is 169 Å². The van der Waals surface area contributed by atoms with Crippen LogP contribution in [0.5, 0.6) is 5.75 Å². The Balaban J connectivity index is 1.65. The number of carbonyl (C=O) groups is 2. The van der Waals surface area contributed by atoms with Crippen LogP contribution in [0.2, 0.25) is 0 Å². The zero-order chi connectivity index (χ0) is 36.2. The molecule has 3 heterocycles. The molecular formula is C28H41N3O18. The molecule has 0 saturated carbocycles. The number of nitrogens with zero attached hydrogens (tertiary/aromatic N) is 1. The van der Waals surface area contributed by atoms with Crippen LogP contribution in [-0.2, 0) is 33.3 Å². The molecule has 0 bridgehead atoms. The topological polar surface area (TPSA) is 319 Å². The van der Waals surface area contributed by atoms with E-state index in [9.17, 15) is 60.6 Å². The molecular weight excluding hydrogens is 666 g/mol. The molecule has 3 saturated heterocycles. The zero-order valence-electron chi connectivity index (χ0n) is 26.2. The van der Waals surface area contributed by atoms with Crippen molar-refractivity contribution in [1.29, 1.82) is 0 Å². The van der Waals surface area contributed by atoms with Gasteiger partial charge in [-0.2, -0.15) is 0 Å². The van der Waals surface area contributed by atoms with E-state index >= 15 is 0 Å². The number of hydrogen-bond donors (Lipinski definition) is 10. The molecule has 0 radical (unpaired) electrons. The van der Waals surface area contributed by atoms with E-state index in [-0.39, 0.29) is 11.4 Å². The average molecular weight is 708 g/mol. The molecule has 276 valence electrons. The van der Waals surface area contributed by atoms with E-state index in [2.05, 4.69) is 10.6 Å². The number of aliphatic hydroxyl groups excluding tert-OH is 8. The summed E-state index contributed by atoms with van der Waals surface area (Å²) in [5, 5.41) is 98.9. The second kappa shape index (κ2) is 16.7. The number of carbonyl (C=O) groups excluding carboxylic acids is 2. The van der Waals surface area contributed by atoms with Crippen molar-refractivity contribution in [3.8, 4) is 5.75 Å². The Labute approximate surface area is 278 Å². The molecule has 3 aliphatic rings. The lowest BCUT2D eigenvalue weighted by Crippen LogP contribution is -2.69. The molecule has 49 heavy (non-hydrogen) atoms. The molecule has 0 aliphatic carbocycles. The van der Waals surface area contributed by atoms with Crippen molar-refractivity contribution in [3.63, 3.8) is 0 Å². The van der Waals surface area contributed by atoms with E-state index in [4.69, 9.17) is 28.4 Å². The van der Waals surface area contributed by atoms with E-state index in [1.165, 1.54) is 12.1 Å². The Kier molecular flexibility index (Phi) is 13.2. The van der Waals surface area contributed by atoms with Crippen LogP contribution in [0.3, 0.4) is 0 Å². The predicted octanol–water partition coefficient (Wildman–Crippen LogP) is -5.29. The summed E-state index contributed by atoms with van der Waals surface area (Å²) in [5.74, 6) is -1.31. The summed E-state index contributed by atoms with van der Waals surface area (Å²) in [6.07, 6.45) is -21.4. The predicted molar refractivity (Wildman–Crippen MR) is 156 cm³/mol. The van der Waals surface area contributed by atoms with E-state index < -0.39 is 129 Å². The Morgan fingerprint density at radius 3 is 1.82 bits per heavy atom. The number of nitro benzene ring substituents is 1. The number of nitrogens with one attached hydrogen (secondary N) is 2. The van der Waals surface area contributed by atoms with Gasteiger partial charge in [0.2, 0.25) is 18.1 Å². The largest absolute Gasteiger partial charge is 0.463 e. The number of benzene rings is 1. The smallest absolute Gasteiger partial charge is 0.269 e. The van der Waals surface area contributed by atoms with Gasteiger partial charge in [-0.15, -0.1) is 0 Å². The number of hydrogen-bond acceptors (Lipinski definition) is 18. The van der Waals surface area contributed by atoms with E-state index in [0.717, 1.165) is 26.0 Å². The molecule has 2 amide bonds. The summed E-state index contributed by atoms with van der Waals surface area (Å²) >= 11 is 0. The van der Waals surface area contributed by atoms with Gasteiger partial charge in [0.15, 0.2) is 12.6 Å². The zero-order valence-corrected chi connectivity index (χ0v) is 26.2. The van der Waals surface area contributed by atoms with Gasteiger partial charge < -0.3 is 79.9 Å². The van der Waals surface area contributed by atoms with Crippen LogP contribution in [0.4, 0.5) is 5.69 Å². The third-order valence-corrected chi connectivity index (χ3v) is 8.16. The molecule has 21 heteroatoms. The molecule has 0 aromatic heterocycles. The maximum atomic E-state index is 12.3. The summed E-state index contributed by atoms with van der Waals surface area (Å²) in [6, 6.07) is 1.92. The highest BCUT2D eigenvalue weighted by Crippen LogP contribution is 2.32. The fourth-order valence-corrected chi connectivity index (χ4v) is 5.62. The second-order valence-electron chi connectivity index (χ2n) is 11.7. The van der Waals surface area contributed by atoms with Crippen molar-refractivity contribution in [1.82, 2.24) is 10.6 Å². The third kappa shape index (κ3) is 8.96. The van der Waals surface area contributed by atoms with Gasteiger partial charge in [0.1, 0.15) is 78.9 Å². The van der Waals surface area contributed by atoms with Gasteiger partial charge in [-0.3, -0.25) is 19.7 Å². The van der Waals surface area contributed by atoms with E-state index in [1.54, 1.807) is 0 Å². The van der Waals surface area contributed by atoms with Crippen molar-refractivity contribution in [2.24, 2.45) is 0 Å². The number of nitro groups is 1. The first kappa shape index (κ1) is 38.6. The van der Waals surface area contributed by atoms with E-state index in [0.29, 0.717) is 0 Å². The van der Waals surface area contributed by atoms with Crippen molar-refractivity contribution in [2.45, 2.75) is 106 Å². The lowest BCUT2D eigenvalue weighted by Gasteiger charge is -2.48. The maximum Gasteiger partial charge on any atom is 0.269 e. The van der Waals surface area contributed by atoms with Crippen LogP contribution >= 0.6 is 0 Å². The van der Waals surface area contributed by atoms with Crippen molar-refractivity contribution >= 4 is 17.5 Å². The summed E-state index contributed by atoms with van der Waals surface area (Å²) in [6.45, 7) is 0.0715. The summed E-state index contributed by atoms with van der Waals surface area (Å²) in [5.41, 5.74) is -0.268. The molecule has 10 N–H and O–H groups in total. The van der Waals surface area contributed by atoms with Crippen LogP contribution in [0, 0.1) is 10.1 Å². The molecule has 15 atom stereocenters. The quantitative estimate of drug-likeness (QED) is 0.0716. The summed E-state index contributed by atoms with van der Waals surface area (Å²) in [7, 11) is 0. The van der Waals surface area contributed by atoms with Gasteiger partial charge >= 0.3 is 0 Å². The van der Waals surface area contributed by atoms with Crippen LogP contribution in [0.1, 0.15) is 13.8 Å². The standard InChI is InChI=1S/C28H41N3O18/c1-10(34)29-17-22(39)19(36)14(7-32)46-26(17)44-9-16-21(38)25(49-28-24(41)23(40)20(37)15(8-33)47-28)18(30-11(2)35)27(48-16)45-13-5-3-12(4-6-13)31(42)43/h3-6,14-28,32-33,36-41H,7-9H2,1-2H3,(H,29,34)(H,30,35). The second-order valence-corrected chi connectivity index (χ2v) is 11.7. The SMILES string of the molecule is CC(=O)NC1C(OCC2OC(Oc3ccc([N+](=O)[O-])cc3)C(NC(C)=O)C(OC3OC(CO)C(O)C(O)C3O)C2O)OC(CO)C(O)C1O. The minimum atomic E-state index is -1.92. The third-order valence-electron chi connectivity index (χ3n) is 8.16. The molecule has 4 rings (SSSR count). The fourth-order valence-electron chi connectivity index (χ4n) is 5.62. The summed E-state index contributed by atoms with van der Waals surface area (Å²) < 4.78 is 34.5. The van der Waals surface area contributed by atoms with Gasteiger partial charge in [-0.1, -0.05) is 0 Å². The lowest BCUT2D eigenvalue weighted by atomic mass is 9.95. The molecule has 1 aromatic rings. The number of rotatable bonds is 12. The van der Waals surface area contributed by atoms with Gasteiger partial charge in [0.05, 0.1) is 24.7 Å². The van der Waals surface area contributed by atoms with Crippen molar-refractivity contribution < 1.29 is 83.8 Å². The number of amides is 2. The van der Waals surface area contributed by atoms with Crippen LogP contribution in [0.25, 0.3) is 0 Å². The number of ether oxygens (including phenoxy) is 6. The minimum absolute atomic E-state index is 0.00201. The van der Waals surface area contributed by atoms with Gasteiger partial charge in [0, 0.05) is 26.0 Å². The highest BCUT2D eigenvalue weighted by atomic mass is 16.7. The van der Waals surface area contributed by atoms with Crippen molar-refractivity contribution in [3.05, 3.63) is 34.4 Å². The summed E-state index contributed by atoms with van der Waals surface area (Å²) in [4.78, 5) is 34.7. The number of aliphatic hydroxyl groups is 8.